The number of aliphatic hydroxyl groups is 1. The average molecular weight is 252 g/mol. The number of hydrogen-bond donors (Lipinski definition) is 2. The molecule has 1 saturated heterocycles. The molecule has 2 N–H and O–H groups in total. The molecule has 3 heteroatoms. The van der Waals surface area contributed by atoms with E-state index in [0.717, 1.165) is 31.5 Å². The third-order valence-electron chi connectivity index (χ3n) is 4.99. The zero-order chi connectivity index (χ0) is 12.8. The zero-order valence-electron chi connectivity index (χ0n) is 11.9. The highest BCUT2D eigenvalue weighted by Gasteiger charge is 2.42. The summed E-state index contributed by atoms with van der Waals surface area (Å²) in [5, 5.41) is 13.6. The third kappa shape index (κ3) is 2.89. The highest BCUT2D eigenvalue weighted by atomic mass is 16.3. The molecule has 3 aliphatic rings. The van der Waals surface area contributed by atoms with Crippen molar-refractivity contribution in [2.45, 2.75) is 51.7 Å². The Morgan fingerprint density at radius 2 is 1.94 bits per heavy atom. The Hall–Kier alpha value is -0.120. The highest BCUT2D eigenvalue weighted by molar-refractivity contribution is 4.95. The minimum absolute atomic E-state index is 0.0206. The van der Waals surface area contributed by atoms with Crippen molar-refractivity contribution in [3.05, 3.63) is 0 Å². The van der Waals surface area contributed by atoms with Crippen LogP contribution in [0.4, 0.5) is 0 Å². The maximum Gasteiger partial charge on any atom is 0.0583 e. The first-order valence-corrected chi connectivity index (χ1v) is 7.67. The molecule has 3 nitrogen and oxygen atoms in total. The van der Waals surface area contributed by atoms with Gasteiger partial charge in [-0.05, 0) is 37.0 Å². The van der Waals surface area contributed by atoms with Gasteiger partial charge in [0.1, 0.15) is 0 Å². The van der Waals surface area contributed by atoms with Gasteiger partial charge < -0.3 is 15.3 Å². The lowest BCUT2D eigenvalue weighted by Gasteiger charge is -2.31. The first kappa shape index (κ1) is 12.9. The lowest BCUT2D eigenvalue weighted by molar-refractivity contribution is 0.117. The fraction of sp³-hybridized carbons (Fsp3) is 1.00. The molecule has 0 aromatic rings. The molecule has 2 aliphatic carbocycles. The second-order valence-corrected chi connectivity index (χ2v) is 7.58. The molecule has 0 bridgehead atoms. The molecule has 0 aromatic heterocycles. The Labute approximate surface area is 111 Å². The summed E-state index contributed by atoms with van der Waals surface area (Å²) >= 11 is 0. The molecule has 1 aliphatic heterocycles. The molecule has 104 valence electrons. The van der Waals surface area contributed by atoms with Gasteiger partial charge in [0.25, 0.3) is 0 Å². The van der Waals surface area contributed by atoms with Crippen LogP contribution in [0.1, 0.15) is 39.5 Å². The monoisotopic (exact) mass is 252 g/mol. The normalized spacial score (nSPS) is 37.2. The van der Waals surface area contributed by atoms with E-state index in [1.165, 1.54) is 32.4 Å². The molecule has 0 amide bonds. The van der Waals surface area contributed by atoms with Crippen LogP contribution < -0.4 is 5.32 Å². The average Bonchev–Trinajstić information content (AvgIpc) is 2.96. The number of aliphatic hydroxyl groups excluding tert-OH is 1. The van der Waals surface area contributed by atoms with Crippen LogP contribution in [0, 0.1) is 17.3 Å². The second kappa shape index (κ2) is 4.77. The van der Waals surface area contributed by atoms with E-state index in [2.05, 4.69) is 24.1 Å². The van der Waals surface area contributed by atoms with Gasteiger partial charge in [-0.2, -0.15) is 0 Å². The van der Waals surface area contributed by atoms with E-state index in [-0.39, 0.29) is 6.10 Å². The lowest BCUT2D eigenvalue weighted by Crippen LogP contribution is -2.40. The van der Waals surface area contributed by atoms with Gasteiger partial charge in [-0.1, -0.05) is 13.8 Å². The molecule has 3 rings (SSSR count). The molecule has 0 radical (unpaired) electrons. The van der Waals surface area contributed by atoms with E-state index in [9.17, 15) is 5.11 Å². The Kier molecular flexibility index (Phi) is 3.41. The van der Waals surface area contributed by atoms with Gasteiger partial charge in [0.05, 0.1) is 6.10 Å². The summed E-state index contributed by atoms with van der Waals surface area (Å²) in [6.07, 6.45) is 5.00. The van der Waals surface area contributed by atoms with Crippen LogP contribution in [0.2, 0.25) is 0 Å². The van der Waals surface area contributed by atoms with Gasteiger partial charge in [-0.3, -0.25) is 0 Å². The Morgan fingerprint density at radius 1 is 1.17 bits per heavy atom. The van der Waals surface area contributed by atoms with Gasteiger partial charge >= 0.3 is 0 Å². The number of nitrogens with zero attached hydrogens (tertiary/aromatic N) is 1. The lowest BCUT2D eigenvalue weighted by atomic mass is 9.92. The van der Waals surface area contributed by atoms with Crippen molar-refractivity contribution in [3.8, 4) is 0 Å². The van der Waals surface area contributed by atoms with Crippen molar-refractivity contribution in [1.82, 2.24) is 10.2 Å². The van der Waals surface area contributed by atoms with Crippen molar-refractivity contribution in [1.29, 1.82) is 0 Å². The minimum Gasteiger partial charge on any atom is -0.393 e. The van der Waals surface area contributed by atoms with Crippen molar-refractivity contribution >= 4 is 0 Å². The van der Waals surface area contributed by atoms with Gasteiger partial charge in [0.2, 0.25) is 0 Å². The highest BCUT2D eigenvalue weighted by Crippen LogP contribution is 2.39. The predicted molar refractivity (Wildman–Crippen MR) is 73.5 cm³/mol. The Morgan fingerprint density at radius 3 is 2.61 bits per heavy atom. The SMILES string of the molecule is CC(C)(CNC1CC1)CN1CC2CCC(O)C2C1. The molecule has 18 heavy (non-hydrogen) atoms. The summed E-state index contributed by atoms with van der Waals surface area (Å²) in [5.41, 5.74) is 0.353. The molecule has 3 unspecified atom stereocenters. The Balaban J connectivity index is 1.47. The molecular weight excluding hydrogens is 224 g/mol. The summed E-state index contributed by atoms with van der Waals surface area (Å²) in [7, 11) is 0. The zero-order valence-corrected chi connectivity index (χ0v) is 11.9. The molecule has 1 heterocycles. The van der Waals surface area contributed by atoms with E-state index in [4.69, 9.17) is 0 Å². The number of likely N-dealkylation sites (tertiary alicyclic amines) is 1. The van der Waals surface area contributed by atoms with E-state index in [0.29, 0.717) is 11.3 Å². The van der Waals surface area contributed by atoms with E-state index in [1.807, 2.05) is 0 Å². The maximum atomic E-state index is 9.96. The van der Waals surface area contributed by atoms with Gasteiger partial charge in [0.15, 0.2) is 0 Å². The largest absolute Gasteiger partial charge is 0.393 e. The first-order chi connectivity index (χ1) is 8.53. The molecule has 0 spiro atoms. The van der Waals surface area contributed by atoms with Crippen molar-refractivity contribution in [2.24, 2.45) is 17.3 Å². The number of hydrogen-bond acceptors (Lipinski definition) is 3. The minimum atomic E-state index is -0.0206. The standard InChI is InChI=1S/C15H28N2O/c1-15(2,9-16-12-4-5-12)10-17-7-11-3-6-14(18)13(11)8-17/h11-14,16,18H,3-10H2,1-2H3. The van der Waals surface area contributed by atoms with Crippen molar-refractivity contribution in [2.75, 3.05) is 26.2 Å². The third-order valence-corrected chi connectivity index (χ3v) is 4.99. The quantitative estimate of drug-likeness (QED) is 0.778. The van der Waals surface area contributed by atoms with Gasteiger partial charge in [-0.25, -0.2) is 0 Å². The molecule has 3 atom stereocenters. The number of nitrogens with one attached hydrogen (secondary N) is 1. The fourth-order valence-electron chi connectivity index (χ4n) is 3.83. The first-order valence-electron chi connectivity index (χ1n) is 7.67. The molecule has 0 aromatic carbocycles. The van der Waals surface area contributed by atoms with Crippen LogP contribution in [0.5, 0.6) is 0 Å². The fourth-order valence-corrected chi connectivity index (χ4v) is 3.83. The topological polar surface area (TPSA) is 35.5 Å². The smallest absolute Gasteiger partial charge is 0.0583 e. The van der Waals surface area contributed by atoms with Crippen LogP contribution in [0.15, 0.2) is 0 Å². The van der Waals surface area contributed by atoms with Crippen molar-refractivity contribution < 1.29 is 5.11 Å². The molecule has 2 saturated carbocycles. The summed E-state index contributed by atoms with van der Waals surface area (Å²) in [6.45, 7) is 9.38. The summed E-state index contributed by atoms with van der Waals surface area (Å²) in [5.74, 6) is 1.34. The van der Waals surface area contributed by atoms with E-state index >= 15 is 0 Å². The predicted octanol–water partition coefficient (Wildman–Crippen LogP) is 1.47. The summed E-state index contributed by atoms with van der Waals surface area (Å²) in [6, 6.07) is 0.809. The van der Waals surface area contributed by atoms with Gasteiger partial charge in [-0.15, -0.1) is 0 Å². The Bertz CT molecular complexity index is 301. The van der Waals surface area contributed by atoms with Crippen LogP contribution in [-0.4, -0.2) is 48.3 Å². The van der Waals surface area contributed by atoms with Gasteiger partial charge in [0, 0.05) is 38.1 Å². The summed E-state index contributed by atoms with van der Waals surface area (Å²) < 4.78 is 0. The van der Waals surface area contributed by atoms with Crippen LogP contribution in [0.3, 0.4) is 0 Å². The van der Waals surface area contributed by atoms with Crippen LogP contribution >= 0.6 is 0 Å². The van der Waals surface area contributed by atoms with E-state index < -0.39 is 0 Å². The second-order valence-electron chi connectivity index (χ2n) is 7.58. The molecular formula is C15H28N2O. The number of rotatable bonds is 5. The maximum absolute atomic E-state index is 9.96. The van der Waals surface area contributed by atoms with Crippen LogP contribution in [-0.2, 0) is 0 Å². The van der Waals surface area contributed by atoms with Crippen LogP contribution in [0.25, 0.3) is 0 Å². The number of fused-ring (bicyclic) bond motifs is 1. The van der Waals surface area contributed by atoms with E-state index in [1.54, 1.807) is 0 Å². The molecule has 3 fully saturated rings. The van der Waals surface area contributed by atoms with Crippen molar-refractivity contribution in [3.63, 3.8) is 0 Å². The summed E-state index contributed by atoms with van der Waals surface area (Å²) in [4.78, 5) is 2.59.